The molecule has 3 aromatic rings. The van der Waals surface area contributed by atoms with Gasteiger partial charge in [0, 0.05) is 5.69 Å². The van der Waals surface area contributed by atoms with E-state index >= 15 is 0 Å². The Balaban J connectivity index is 1.73. The predicted octanol–water partition coefficient (Wildman–Crippen LogP) is 3.77. The van der Waals surface area contributed by atoms with Gasteiger partial charge in [-0.25, -0.2) is 17.8 Å². The molecule has 0 atom stereocenters. The molecule has 24 heavy (non-hydrogen) atoms. The summed E-state index contributed by atoms with van der Waals surface area (Å²) >= 11 is 0. The number of anilines is 3. The van der Waals surface area contributed by atoms with Crippen LogP contribution in [0.25, 0.3) is 0 Å². The predicted molar refractivity (Wildman–Crippen MR) is 91.2 cm³/mol. The van der Waals surface area contributed by atoms with Gasteiger partial charge in [-0.05, 0) is 48.5 Å². The Labute approximate surface area is 139 Å². The van der Waals surface area contributed by atoms with Gasteiger partial charge in [0.15, 0.2) is 0 Å². The molecule has 0 saturated heterocycles. The number of hydrogen-bond donors (Lipinski definition) is 2. The molecule has 0 aliphatic carbocycles. The summed E-state index contributed by atoms with van der Waals surface area (Å²) in [6.45, 7) is 0. The molecule has 3 rings (SSSR count). The van der Waals surface area contributed by atoms with Crippen molar-refractivity contribution in [3.63, 3.8) is 0 Å². The number of sulfonamides is 1. The average molecular weight is 343 g/mol. The number of pyridine rings is 1. The van der Waals surface area contributed by atoms with E-state index in [4.69, 9.17) is 0 Å². The Hall–Kier alpha value is -2.93. The van der Waals surface area contributed by atoms with Gasteiger partial charge in [-0.1, -0.05) is 18.2 Å². The van der Waals surface area contributed by atoms with Gasteiger partial charge in [0.2, 0.25) is 0 Å². The van der Waals surface area contributed by atoms with E-state index in [1.807, 2.05) is 30.3 Å². The van der Waals surface area contributed by atoms with Crippen LogP contribution in [0.4, 0.5) is 21.6 Å². The second-order valence-electron chi connectivity index (χ2n) is 4.98. The Morgan fingerprint density at radius 1 is 0.833 bits per heavy atom. The van der Waals surface area contributed by atoms with Crippen LogP contribution in [0.15, 0.2) is 77.8 Å². The van der Waals surface area contributed by atoms with Crippen molar-refractivity contribution in [3.05, 3.63) is 78.7 Å². The highest BCUT2D eigenvalue weighted by molar-refractivity contribution is 7.92. The van der Waals surface area contributed by atoms with E-state index in [-0.39, 0.29) is 10.7 Å². The van der Waals surface area contributed by atoms with Gasteiger partial charge in [-0.15, -0.1) is 0 Å². The molecular weight excluding hydrogens is 329 g/mol. The molecular formula is C17H14FN3O2S. The van der Waals surface area contributed by atoms with Crippen LogP contribution >= 0.6 is 0 Å². The molecule has 0 aliphatic heterocycles. The van der Waals surface area contributed by atoms with Crippen LogP contribution in [0.5, 0.6) is 0 Å². The van der Waals surface area contributed by atoms with Crippen molar-refractivity contribution in [2.75, 3.05) is 10.0 Å². The molecule has 122 valence electrons. The van der Waals surface area contributed by atoms with Crippen LogP contribution in [0.2, 0.25) is 0 Å². The first-order chi connectivity index (χ1) is 11.5. The summed E-state index contributed by atoms with van der Waals surface area (Å²) in [5.74, 6) is -0.318. The molecule has 2 N–H and O–H groups in total. The van der Waals surface area contributed by atoms with Crippen LogP contribution < -0.4 is 10.0 Å². The van der Waals surface area contributed by atoms with Crippen molar-refractivity contribution in [2.45, 2.75) is 4.90 Å². The lowest BCUT2D eigenvalue weighted by atomic mass is 10.3. The van der Waals surface area contributed by atoms with Crippen LogP contribution in [0.3, 0.4) is 0 Å². The third kappa shape index (κ3) is 3.88. The first-order valence-electron chi connectivity index (χ1n) is 7.09. The van der Waals surface area contributed by atoms with E-state index in [1.165, 1.54) is 18.3 Å². The number of aromatic nitrogens is 1. The summed E-state index contributed by atoms with van der Waals surface area (Å²) in [5, 5.41) is 3.15. The number of benzene rings is 2. The third-order valence-corrected chi connectivity index (χ3v) is 4.56. The highest BCUT2D eigenvalue weighted by atomic mass is 32.2. The van der Waals surface area contributed by atoms with Crippen molar-refractivity contribution in [1.82, 2.24) is 4.98 Å². The summed E-state index contributed by atoms with van der Waals surface area (Å²) in [4.78, 5) is 4.05. The largest absolute Gasteiger partial charge is 0.354 e. The summed E-state index contributed by atoms with van der Waals surface area (Å²) in [6.07, 6.45) is 1.52. The van der Waals surface area contributed by atoms with Crippen molar-refractivity contribution in [2.24, 2.45) is 0 Å². The zero-order valence-electron chi connectivity index (χ0n) is 12.5. The zero-order valence-corrected chi connectivity index (χ0v) is 13.3. The Morgan fingerprint density at radius 3 is 2.17 bits per heavy atom. The van der Waals surface area contributed by atoms with E-state index in [2.05, 4.69) is 15.0 Å². The van der Waals surface area contributed by atoms with Gasteiger partial charge in [0.05, 0.1) is 16.8 Å². The lowest BCUT2D eigenvalue weighted by Crippen LogP contribution is -2.13. The van der Waals surface area contributed by atoms with Crippen LogP contribution in [-0.4, -0.2) is 13.4 Å². The van der Waals surface area contributed by atoms with E-state index in [0.717, 1.165) is 23.5 Å². The summed E-state index contributed by atoms with van der Waals surface area (Å²) in [7, 11) is -3.80. The van der Waals surface area contributed by atoms with Crippen molar-refractivity contribution in [1.29, 1.82) is 0 Å². The first kappa shape index (κ1) is 15.9. The highest BCUT2D eigenvalue weighted by Gasteiger charge is 2.14. The average Bonchev–Trinajstić information content (AvgIpc) is 2.58. The fourth-order valence-corrected chi connectivity index (χ4v) is 3.03. The topological polar surface area (TPSA) is 71.1 Å². The molecule has 0 fully saturated rings. The number of nitrogens with one attached hydrogen (secondary N) is 2. The molecule has 0 spiro atoms. The molecule has 1 aromatic heterocycles. The van der Waals surface area contributed by atoms with Crippen molar-refractivity contribution >= 4 is 27.2 Å². The van der Waals surface area contributed by atoms with Crippen LogP contribution in [0.1, 0.15) is 0 Å². The lowest BCUT2D eigenvalue weighted by Gasteiger charge is -2.09. The van der Waals surface area contributed by atoms with Gasteiger partial charge in [0.1, 0.15) is 11.6 Å². The molecule has 0 unspecified atom stereocenters. The van der Waals surface area contributed by atoms with Crippen molar-refractivity contribution in [3.8, 4) is 0 Å². The maximum Gasteiger partial charge on any atom is 0.263 e. The van der Waals surface area contributed by atoms with E-state index in [0.29, 0.717) is 0 Å². The first-order valence-corrected chi connectivity index (χ1v) is 8.58. The maximum atomic E-state index is 12.9. The zero-order chi connectivity index (χ0) is 17.0. The van der Waals surface area contributed by atoms with Gasteiger partial charge in [-0.2, -0.15) is 0 Å². The minimum Gasteiger partial charge on any atom is -0.354 e. The Morgan fingerprint density at radius 2 is 1.54 bits per heavy atom. The van der Waals surface area contributed by atoms with Gasteiger partial charge in [-0.3, -0.25) is 4.72 Å². The van der Waals surface area contributed by atoms with Crippen molar-refractivity contribution < 1.29 is 12.8 Å². The Bertz CT molecular complexity index is 912. The second-order valence-corrected chi connectivity index (χ2v) is 6.66. The van der Waals surface area contributed by atoms with E-state index in [1.54, 1.807) is 12.1 Å². The number of halogens is 1. The summed E-state index contributed by atoms with van der Waals surface area (Å²) in [5.41, 5.74) is 1.63. The summed E-state index contributed by atoms with van der Waals surface area (Å²) in [6, 6.07) is 17.4. The lowest BCUT2D eigenvalue weighted by molar-refractivity contribution is 0.599. The molecule has 7 heteroatoms. The van der Waals surface area contributed by atoms with Crippen LogP contribution in [-0.2, 0) is 10.0 Å². The maximum absolute atomic E-state index is 12.9. The van der Waals surface area contributed by atoms with Gasteiger partial charge in [0.25, 0.3) is 10.0 Å². The SMILES string of the molecule is O=S(=O)(Nc1ccc(Nc2ccccc2)cn1)c1ccc(F)cc1. The fraction of sp³-hybridized carbons (Fsp3) is 0. The van der Waals surface area contributed by atoms with E-state index < -0.39 is 15.8 Å². The number of nitrogens with zero attached hydrogens (tertiary/aromatic N) is 1. The van der Waals surface area contributed by atoms with Gasteiger partial charge >= 0.3 is 0 Å². The smallest absolute Gasteiger partial charge is 0.263 e. The molecule has 5 nitrogen and oxygen atoms in total. The normalized spacial score (nSPS) is 11.0. The Kier molecular flexibility index (Phi) is 4.43. The van der Waals surface area contributed by atoms with Gasteiger partial charge < -0.3 is 5.32 Å². The molecule has 0 aliphatic rings. The van der Waals surface area contributed by atoms with E-state index in [9.17, 15) is 12.8 Å². The summed E-state index contributed by atoms with van der Waals surface area (Å²) < 4.78 is 39.6. The number of para-hydroxylation sites is 1. The minimum absolute atomic E-state index is 0.0304. The number of rotatable bonds is 5. The molecule has 2 aromatic carbocycles. The molecule has 0 saturated carbocycles. The minimum atomic E-state index is -3.80. The fourth-order valence-electron chi connectivity index (χ4n) is 2.03. The molecule has 1 heterocycles. The number of hydrogen-bond acceptors (Lipinski definition) is 4. The molecule has 0 bridgehead atoms. The third-order valence-electron chi connectivity index (χ3n) is 3.19. The quantitative estimate of drug-likeness (QED) is 0.740. The highest BCUT2D eigenvalue weighted by Crippen LogP contribution is 2.19. The second kappa shape index (κ2) is 6.67. The monoisotopic (exact) mass is 343 g/mol. The van der Waals surface area contributed by atoms with Crippen LogP contribution in [0, 0.1) is 5.82 Å². The molecule has 0 amide bonds. The molecule has 0 radical (unpaired) electrons. The standard InChI is InChI=1S/C17H14FN3O2S/c18-13-6-9-16(10-7-13)24(22,23)21-17-11-8-15(12-19-17)20-14-4-2-1-3-5-14/h1-12,20H,(H,19,21).